The first kappa shape index (κ1) is 20.3. The summed E-state index contributed by atoms with van der Waals surface area (Å²) in [7, 11) is -0.513. The number of nitrogens with zero attached hydrogens (tertiary/aromatic N) is 2. The minimum Gasteiger partial charge on any atom is -0.480 e. The van der Waals surface area contributed by atoms with Gasteiger partial charge in [0.05, 0.1) is 6.54 Å². The van der Waals surface area contributed by atoms with Crippen LogP contribution in [0.5, 0.6) is 0 Å². The third-order valence-electron chi connectivity index (χ3n) is 2.77. The minimum atomic E-state index is -2.23. The van der Waals surface area contributed by atoms with Crippen molar-refractivity contribution in [2.75, 3.05) is 20.6 Å². The van der Waals surface area contributed by atoms with Crippen molar-refractivity contribution in [1.82, 2.24) is 5.06 Å². The van der Waals surface area contributed by atoms with Gasteiger partial charge in [0.2, 0.25) is 0 Å². The summed E-state index contributed by atoms with van der Waals surface area (Å²) in [5.41, 5.74) is 4.34. The van der Waals surface area contributed by atoms with E-state index in [1.165, 1.54) is 5.06 Å². The van der Waals surface area contributed by atoms with Crippen molar-refractivity contribution in [3.63, 3.8) is 0 Å². The van der Waals surface area contributed by atoms with E-state index >= 15 is 0 Å². The molecule has 0 heterocycles. The van der Waals surface area contributed by atoms with Gasteiger partial charge in [-0.15, -0.1) is 0 Å². The van der Waals surface area contributed by atoms with Gasteiger partial charge >= 0.3 is 13.1 Å². The lowest BCUT2D eigenvalue weighted by Crippen LogP contribution is -2.48. The molecular formula is C10H24BN3O6S. The Kier molecular flexibility index (Phi) is 9.74. The van der Waals surface area contributed by atoms with Gasteiger partial charge in [-0.05, 0) is 19.2 Å². The fourth-order valence-corrected chi connectivity index (χ4v) is 2.20. The molecule has 2 unspecified atom stereocenters. The van der Waals surface area contributed by atoms with Crippen LogP contribution in [0.1, 0.15) is 25.7 Å². The molecule has 0 aromatic carbocycles. The van der Waals surface area contributed by atoms with Crippen molar-refractivity contribution in [2.24, 2.45) is 10.1 Å². The van der Waals surface area contributed by atoms with Crippen LogP contribution in [0.25, 0.3) is 0 Å². The Labute approximate surface area is 126 Å². The zero-order valence-corrected chi connectivity index (χ0v) is 13.2. The Morgan fingerprint density at radius 1 is 1.38 bits per heavy atom. The molecule has 0 saturated heterocycles. The van der Waals surface area contributed by atoms with Gasteiger partial charge in [0.15, 0.2) is 10.9 Å². The molecule has 0 fully saturated rings. The van der Waals surface area contributed by atoms with Gasteiger partial charge in [-0.3, -0.25) is 4.79 Å². The third-order valence-corrected chi connectivity index (χ3v) is 3.66. The first-order valence-corrected chi connectivity index (χ1v) is 7.69. The molecule has 5 N–H and O–H groups in total. The van der Waals surface area contributed by atoms with E-state index < -0.39 is 29.5 Å². The van der Waals surface area contributed by atoms with Crippen molar-refractivity contribution in [2.45, 2.75) is 37.5 Å². The predicted octanol–water partition coefficient (Wildman–Crippen LogP) is -1.13. The van der Waals surface area contributed by atoms with Crippen LogP contribution in [-0.2, 0) is 20.0 Å². The largest absolute Gasteiger partial charge is 0.480 e. The number of hydroxylamine groups is 2. The maximum absolute atomic E-state index is 11.3. The SMILES string of the molecule is CN(C)O[SH](=O)=NCCC(N)(CCCCB(O)O)C(=O)O. The van der Waals surface area contributed by atoms with Crippen LogP contribution >= 0.6 is 0 Å². The number of nitrogens with two attached hydrogens (primary N) is 1. The number of thiol groups is 1. The molecule has 0 aliphatic carbocycles. The fraction of sp³-hybridized carbons (Fsp3) is 0.900. The number of rotatable bonds is 11. The highest BCUT2D eigenvalue weighted by Crippen LogP contribution is 2.17. The normalized spacial score (nSPS) is 15.9. The third kappa shape index (κ3) is 9.77. The summed E-state index contributed by atoms with van der Waals surface area (Å²) in [6.07, 6.45) is 1.28. The molecular weight excluding hydrogens is 301 g/mol. The summed E-state index contributed by atoms with van der Waals surface area (Å²) >= 11 is 0. The molecule has 0 amide bonds. The second kappa shape index (κ2) is 10.1. The van der Waals surface area contributed by atoms with Crippen LogP contribution in [-0.4, -0.2) is 63.7 Å². The first-order chi connectivity index (χ1) is 9.67. The first-order valence-electron chi connectivity index (χ1n) is 6.56. The Hall–Kier alpha value is -0.715. The van der Waals surface area contributed by atoms with Crippen LogP contribution in [0.4, 0.5) is 0 Å². The lowest BCUT2D eigenvalue weighted by molar-refractivity contribution is -0.143. The molecule has 11 heteroatoms. The summed E-state index contributed by atoms with van der Waals surface area (Å²) in [6, 6.07) is 0. The number of carboxylic acids is 1. The number of carboxylic acid groups (broad SMARTS) is 1. The smallest absolute Gasteiger partial charge is 0.451 e. The number of carbonyl (C=O) groups is 1. The molecule has 0 aromatic heterocycles. The molecule has 0 bridgehead atoms. The molecule has 124 valence electrons. The van der Waals surface area contributed by atoms with Crippen molar-refractivity contribution in [3.8, 4) is 0 Å². The minimum absolute atomic E-state index is 0.00840. The molecule has 2 atom stereocenters. The molecule has 0 aliphatic rings. The van der Waals surface area contributed by atoms with E-state index in [1.807, 2.05) is 0 Å². The summed E-state index contributed by atoms with van der Waals surface area (Å²) < 4.78 is 19.8. The fourth-order valence-electron chi connectivity index (χ4n) is 1.60. The van der Waals surface area contributed by atoms with Gasteiger partial charge < -0.3 is 20.9 Å². The Morgan fingerprint density at radius 2 is 2.00 bits per heavy atom. The summed E-state index contributed by atoms with van der Waals surface area (Å²) in [6.45, 7) is 0.00840. The Bertz CT molecular complexity index is 402. The van der Waals surface area contributed by atoms with E-state index in [4.69, 9.17) is 20.1 Å². The molecule has 0 rings (SSSR count). The number of unbranched alkanes of at least 4 members (excludes halogenated alkanes) is 1. The van der Waals surface area contributed by atoms with Gasteiger partial charge in [-0.25, -0.2) is 8.57 Å². The van der Waals surface area contributed by atoms with Crippen LogP contribution in [0.2, 0.25) is 6.32 Å². The average molecular weight is 325 g/mol. The number of aliphatic carboxylic acids is 1. The van der Waals surface area contributed by atoms with Crippen LogP contribution < -0.4 is 5.73 Å². The van der Waals surface area contributed by atoms with E-state index in [9.17, 15) is 14.1 Å². The van der Waals surface area contributed by atoms with E-state index in [2.05, 4.69) is 4.36 Å². The number of hydrogen-bond acceptors (Lipinski definition) is 8. The van der Waals surface area contributed by atoms with Gasteiger partial charge in [0.1, 0.15) is 5.54 Å². The molecule has 0 spiro atoms. The second-order valence-corrected chi connectivity index (χ2v) is 5.86. The van der Waals surface area contributed by atoms with E-state index in [0.717, 1.165) is 0 Å². The quantitative estimate of drug-likeness (QED) is 0.139. The van der Waals surface area contributed by atoms with Crippen molar-refractivity contribution < 1.29 is 28.4 Å². The second-order valence-electron chi connectivity index (χ2n) is 4.93. The van der Waals surface area contributed by atoms with E-state index in [1.54, 1.807) is 14.1 Å². The van der Waals surface area contributed by atoms with Gasteiger partial charge in [0, 0.05) is 14.1 Å². The van der Waals surface area contributed by atoms with Gasteiger partial charge in [-0.1, -0.05) is 12.8 Å². The highest BCUT2D eigenvalue weighted by molar-refractivity contribution is 7.69. The molecule has 0 radical (unpaired) electrons. The lowest BCUT2D eigenvalue weighted by Gasteiger charge is -2.23. The predicted molar refractivity (Wildman–Crippen MR) is 79.6 cm³/mol. The monoisotopic (exact) mass is 325 g/mol. The Morgan fingerprint density at radius 3 is 2.48 bits per heavy atom. The highest BCUT2D eigenvalue weighted by atomic mass is 32.2. The molecule has 0 saturated carbocycles. The topological polar surface area (TPSA) is 146 Å². The molecule has 0 aromatic rings. The lowest BCUT2D eigenvalue weighted by atomic mass is 9.81. The summed E-state index contributed by atoms with van der Waals surface area (Å²) in [4.78, 5) is 11.2. The standard InChI is InChI=1S/C10H24BN3O6S/c1-14(2)20-21(19)13-8-6-10(12,9(15)16)5-3-4-7-11(17)18/h17-18,21H,3-8,12H2,1-2H3,(H,15,16). The van der Waals surface area contributed by atoms with Gasteiger partial charge in [0.25, 0.3) is 0 Å². The average Bonchev–Trinajstić information content (AvgIpc) is 2.33. The van der Waals surface area contributed by atoms with Crippen molar-refractivity contribution >= 4 is 24.0 Å². The summed E-state index contributed by atoms with van der Waals surface area (Å²) in [5, 5.41) is 27.8. The molecule has 21 heavy (non-hydrogen) atoms. The Balaban J connectivity index is 4.34. The zero-order chi connectivity index (χ0) is 16.5. The van der Waals surface area contributed by atoms with Crippen molar-refractivity contribution in [3.05, 3.63) is 0 Å². The van der Waals surface area contributed by atoms with Gasteiger partial charge in [-0.2, -0.15) is 9.35 Å². The highest BCUT2D eigenvalue weighted by Gasteiger charge is 2.32. The zero-order valence-electron chi connectivity index (χ0n) is 12.3. The van der Waals surface area contributed by atoms with E-state index in [0.29, 0.717) is 12.8 Å². The van der Waals surface area contributed by atoms with Crippen LogP contribution in [0, 0.1) is 0 Å². The van der Waals surface area contributed by atoms with Crippen molar-refractivity contribution in [1.29, 1.82) is 0 Å². The number of hydrogen-bond donors (Lipinski definition) is 5. The molecule has 0 aliphatic heterocycles. The van der Waals surface area contributed by atoms with Crippen LogP contribution in [0.3, 0.4) is 0 Å². The molecule has 9 nitrogen and oxygen atoms in total. The van der Waals surface area contributed by atoms with E-state index in [-0.39, 0.29) is 25.7 Å². The maximum atomic E-state index is 11.3. The van der Waals surface area contributed by atoms with Crippen LogP contribution in [0.15, 0.2) is 4.36 Å². The summed E-state index contributed by atoms with van der Waals surface area (Å²) in [5.74, 6) is -1.16. The maximum Gasteiger partial charge on any atom is 0.451 e.